The molecule has 0 aliphatic rings. The Morgan fingerprint density at radius 2 is 2.07 bits per heavy atom. The van der Waals surface area contributed by atoms with Crippen LogP contribution in [0.3, 0.4) is 0 Å². The van der Waals surface area contributed by atoms with Gasteiger partial charge in [0.15, 0.2) is 8.38 Å². The van der Waals surface area contributed by atoms with Crippen molar-refractivity contribution in [2.75, 3.05) is 6.16 Å². The monoisotopic (exact) mass is 237 g/mol. The van der Waals surface area contributed by atoms with E-state index in [1.54, 1.807) is 20.8 Å². The summed E-state index contributed by atoms with van der Waals surface area (Å²) in [6, 6.07) is -0.930. The number of hydrogen-bond acceptors (Lipinski definition) is 5. The van der Waals surface area contributed by atoms with E-state index < -0.39 is 26.1 Å². The Kier molecular flexibility index (Phi) is 5.72. The number of amides is 1. The molecule has 0 rings (SSSR count). The van der Waals surface area contributed by atoms with Gasteiger partial charge in [-0.05, 0) is 20.8 Å². The molecule has 0 fully saturated rings. The van der Waals surface area contributed by atoms with Crippen molar-refractivity contribution in [3.05, 3.63) is 0 Å². The summed E-state index contributed by atoms with van der Waals surface area (Å²) in [7, 11) is -2.21. The van der Waals surface area contributed by atoms with Crippen molar-refractivity contribution in [2.45, 2.75) is 32.4 Å². The van der Waals surface area contributed by atoms with E-state index in [1.165, 1.54) is 0 Å². The molecule has 0 aliphatic carbocycles. The van der Waals surface area contributed by atoms with E-state index in [4.69, 9.17) is 14.5 Å². The van der Waals surface area contributed by atoms with Crippen LogP contribution in [0.4, 0.5) is 4.79 Å². The van der Waals surface area contributed by atoms with E-state index in [2.05, 4.69) is 5.32 Å². The van der Waals surface area contributed by atoms with Crippen LogP contribution in [0.25, 0.3) is 0 Å². The number of hydrogen-bond donors (Lipinski definition) is 3. The highest BCUT2D eigenvalue weighted by Gasteiger charge is 2.20. The first-order valence-corrected chi connectivity index (χ1v) is 5.78. The lowest BCUT2D eigenvalue weighted by molar-refractivity contribution is -0.109. The highest BCUT2D eigenvalue weighted by Crippen LogP contribution is 2.23. The Balaban J connectivity index is 4.08. The molecule has 15 heavy (non-hydrogen) atoms. The highest BCUT2D eigenvalue weighted by atomic mass is 31.2. The van der Waals surface area contributed by atoms with Crippen LogP contribution in [-0.2, 0) is 9.53 Å². The van der Waals surface area contributed by atoms with Crippen LogP contribution >= 0.6 is 8.38 Å². The van der Waals surface area contributed by atoms with E-state index in [9.17, 15) is 9.59 Å². The van der Waals surface area contributed by atoms with Crippen LogP contribution in [0.1, 0.15) is 20.8 Å². The van der Waals surface area contributed by atoms with E-state index in [0.29, 0.717) is 6.29 Å². The summed E-state index contributed by atoms with van der Waals surface area (Å²) >= 11 is 0. The second kappa shape index (κ2) is 6.00. The number of aldehydes is 1. The standard InChI is InChI=1S/C8H16NO5P/c1-8(2,3)14-7(11)9-6(4-10)5-15(12)13/h4,6,12-13H,5H2,1-3H3,(H,9,11). The predicted octanol–water partition coefficient (Wildman–Crippen LogP) is 0.375. The van der Waals surface area contributed by atoms with Crippen molar-refractivity contribution >= 4 is 20.8 Å². The Bertz CT molecular complexity index is 226. The summed E-state index contributed by atoms with van der Waals surface area (Å²) < 4.78 is 4.89. The summed E-state index contributed by atoms with van der Waals surface area (Å²) in [6.07, 6.45) is -0.513. The van der Waals surface area contributed by atoms with Crippen molar-refractivity contribution in [1.82, 2.24) is 5.32 Å². The molecule has 0 aliphatic heterocycles. The molecule has 0 aromatic rings. The van der Waals surface area contributed by atoms with Gasteiger partial charge in [0.2, 0.25) is 0 Å². The smallest absolute Gasteiger partial charge is 0.408 e. The van der Waals surface area contributed by atoms with Crippen molar-refractivity contribution in [3.8, 4) is 0 Å². The Morgan fingerprint density at radius 1 is 1.53 bits per heavy atom. The number of alkyl carbamates (subject to hydrolysis) is 1. The Labute approximate surface area is 89.5 Å². The van der Waals surface area contributed by atoms with Crippen LogP contribution < -0.4 is 5.32 Å². The molecule has 7 heteroatoms. The van der Waals surface area contributed by atoms with Crippen LogP contribution in [0.15, 0.2) is 0 Å². The third kappa shape index (κ3) is 8.30. The SMILES string of the molecule is CC(C)(C)OC(=O)NC(C=O)CP(O)O. The Morgan fingerprint density at radius 3 is 2.40 bits per heavy atom. The molecule has 1 unspecified atom stereocenters. The van der Waals surface area contributed by atoms with Gasteiger partial charge in [-0.2, -0.15) is 0 Å². The number of ether oxygens (including phenoxy) is 1. The fourth-order valence-corrected chi connectivity index (χ4v) is 1.29. The van der Waals surface area contributed by atoms with E-state index in [0.717, 1.165) is 0 Å². The first-order valence-electron chi connectivity index (χ1n) is 4.34. The summed E-state index contributed by atoms with van der Waals surface area (Å²) in [6.45, 7) is 5.06. The van der Waals surface area contributed by atoms with Crippen LogP contribution in [0.2, 0.25) is 0 Å². The summed E-state index contributed by atoms with van der Waals surface area (Å²) in [4.78, 5) is 39.0. The molecular formula is C8H16NO5P. The fraction of sp³-hybridized carbons (Fsp3) is 0.750. The molecule has 0 bridgehead atoms. The number of nitrogens with one attached hydrogen (secondary N) is 1. The van der Waals surface area contributed by atoms with Crippen molar-refractivity contribution in [2.24, 2.45) is 0 Å². The summed E-state index contributed by atoms with van der Waals surface area (Å²) in [5.41, 5.74) is -0.652. The second-order valence-electron chi connectivity index (χ2n) is 3.94. The van der Waals surface area contributed by atoms with Crippen LogP contribution in [0.5, 0.6) is 0 Å². The lowest BCUT2D eigenvalue weighted by atomic mass is 10.2. The first kappa shape index (κ1) is 14.3. The zero-order chi connectivity index (χ0) is 12.1. The average molecular weight is 237 g/mol. The maximum atomic E-state index is 11.2. The predicted molar refractivity (Wildman–Crippen MR) is 55.4 cm³/mol. The normalized spacial score (nSPS) is 13.5. The third-order valence-electron chi connectivity index (χ3n) is 1.23. The minimum absolute atomic E-state index is 0.196. The lowest BCUT2D eigenvalue weighted by Gasteiger charge is -2.21. The average Bonchev–Trinajstić information content (AvgIpc) is 1.98. The number of carbonyl (C=O) groups is 2. The molecule has 0 saturated heterocycles. The van der Waals surface area contributed by atoms with Crippen molar-refractivity contribution in [3.63, 3.8) is 0 Å². The molecule has 0 spiro atoms. The molecule has 6 nitrogen and oxygen atoms in total. The molecule has 0 radical (unpaired) electrons. The zero-order valence-electron chi connectivity index (χ0n) is 8.93. The van der Waals surface area contributed by atoms with E-state index >= 15 is 0 Å². The van der Waals surface area contributed by atoms with Gasteiger partial charge in [0, 0.05) is 6.16 Å². The molecule has 88 valence electrons. The van der Waals surface area contributed by atoms with Crippen molar-refractivity contribution in [1.29, 1.82) is 0 Å². The largest absolute Gasteiger partial charge is 0.444 e. The quantitative estimate of drug-likeness (QED) is 0.485. The zero-order valence-corrected chi connectivity index (χ0v) is 9.82. The van der Waals surface area contributed by atoms with Gasteiger partial charge in [-0.3, -0.25) is 0 Å². The summed E-state index contributed by atoms with van der Waals surface area (Å²) in [5, 5.41) is 2.22. The Hall–Kier alpha value is -0.710. The lowest BCUT2D eigenvalue weighted by Crippen LogP contribution is -2.41. The molecular weight excluding hydrogens is 221 g/mol. The van der Waals surface area contributed by atoms with Gasteiger partial charge in [0.05, 0.1) is 6.04 Å². The maximum Gasteiger partial charge on any atom is 0.408 e. The molecule has 1 atom stereocenters. The molecule has 0 heterocycles. The van der Waals surface area contributed by atoms with Gasteiger partial charge in [-0.1, -0.05) is 0 Å². The van der Waals surface area contributed by atoms with Gasteiger partial charge in [-0.25, -0.2) is 4.79 Å². The highest BCUT2D eigenvalue weighted by molar-refractivity contribution is 7.45. The fourth-order valence-electron chi connectivity index (χ4n) is 0.758. The minimum Gasteiger partial charge on any atom is -0.444 e. The van der Waals surface area contributed by atoms with Crippen LogP contribution in [-0.4, -0.2) is 40.0 Å². The van der Waals surface area contributed by atoms with Gasteiger partial charge < -0.3 is 24.6 Å². The molecule has 0 aromatic carbocycles. The topological polar surface area (TPSA) is 95.9 Å². The first-order chi connectivity index (χ1) is 6.74. The maximum absolute atomic E-state index is 11.2. The van der Waals surface area contributed by atoms with Gasteiger partial charge >= 0.3 is 6.09 Å². The van der Waals surface area contributed by atoms with E-state index in [1.807, 2.05) is 0 Å². The second-order valence-corrected chi connectivity index (χ2v) is 5.05. The molecule has 0 aromatic heterocycles. The van der Waals surface area contributed by atoms with Gasteiger partial charge in [-0.15, -0.1) is 0 Å². The number of rotatable bonds is 4. The minimum atomic E-state index is -2.21. The molecule has 0 saturated carbocycles. The van der Waals surface area contributed by atoms with Crippen LogP contribution in [0, 0.1) is 0 Å². The third-order valence-corrected chi connectivity index (χ3v) is 1.95. The van der Waals surface area contributed by atoms with Gasteiger partial charge in [0.25, 0.3) is 0 Å². The molecule has 3 N–H and O–H groups in total. The number of carbonyl (C=O) groups excluding carboxylic acids is 2. The van der Waals surface area contributed by atoms with Crippen molar-refractivity contribution < 1.29 is 24.1 Å². The molecule has 1 amide bonds. The summed E-state index contributed by atoms with van der Waals surface area (Å²) in [5.74, 6) is 0. The van der Waals surface area contributed by atoms with E-state index in [-0.39, 0.29) is 6.16 Å². The van der Waals surface area contributed by atoms with Gasteiger partial charge in [0.1, 0.15) is 11.9 Å².